The summed E-state index contributed by atoms with van der Waals surface area (Å²) in [7, 11) is -3.45. The Bertz CT molecular complexity index is 436. The van der Waals surface area contributed by atoms with E-state index in [1.165, 1.54) is 0 Å². The number of nitrogens with one attached hydrogen (secondary N) is 3. The van der Waals surface area contributed by atoms with Crippen molar-refractivity contribution in [2.45, 2.75) is 25.3 Å². The van der Waals surface area contributed by atoms with Gasteiger partial charge in [0.1, 0.15) is 0 Å². The van der Waals surface area contributed by atoms with Crippen molar-refractivity contribution in [1.29, 1.82) is 5.41 Å². The average Bonchev–Trinajstić information content (AvgIpc) is 2.78. The van der Waals surface area contributed by atoms with Crippen LogP contribution in [0, 0.1) is 5.41 Å². The van der Waals surface area contributed by atoms with E-state index < -0.39 is 16.1 Å². The first-order valence-electron chi connectivity index (χ1n) is 6.14. The van der Waals surface area contributed by atoms with E-state index in [1.54, 1.807) is 4.90 Å². The van der Waals surface area contributed by atoms with Crippen molar-refractivity contribution in [3.63, 3.8) is 0 Å². The largest absolute Gasteiger partial charge is 0.356 e. The number of nitrogens with zero attached hydrogens (tertiary/aromatic N) is 1. The highest BCUT2D eigenvalue weighted by Crippen LogP contribution is 2.09. The number of nitrogens with two attached hydrogens (primary N) is 1. The Balaban J connectivity index is 0.00000361. The predicted octanol–water partition coefficient (Wildman–Crippen LogP) is -1.18. The fourth-order valence-corrected chi connectivity index (χ4v) is 2.31. The molecule has 1 fully saturated rings. The van der Waals surface area contributed by atoms with Gasteiger partial charge in [0.2, 0.25) is 21.9 Å². The van der Waals surface area contributed by atoms with E-state index in [2.05, 4.69) is 5.32 Å². The number of rotatable bonds is 5. The Morgan fingerprint density at radius 2 is 1.95 bits per heavy atom. The van der Waals surface area contributed by atoms with Crippen molar-refractivity contribution in [1.82, 2.24) is 14.9 Å². The van der Waals surface area contributed by atoms with Crippen molar-refractivity contribution < 1.29 is 13.2 Å². The number of carbonyl (C=O) groups excluding carboxylic acids is 1. The number of hydrogen-bond donors (Lipinski definition) is 4. The third-order valence-electron chi connectivity index (χ3n) is 2.78. The second-order valence-electron chi connectivity index (χ2n) is 4.60. The molecule has 0 aromatic rings. The third-order valence-corrected chi connectivity index (χ3v) is 3.35. The van der Waals surface area contributed by atoms with Crippen LogP contribution in [0.15, 0.2) is 0 Å². The number of halogens is 1. The van der Waals surface area contributed by atoms with Gasteiger partial charge < -0.3 is 16.0 Å². The summed E-state index contributed by atoms with van der Waals surface area (Å²) >= 11 is 0. The van der Waals surface area contributed by atoms with Crippen LogP contribution in [-0.2, 0) is 14.8 Å². The summed E-state index contributed by atoms with van der Waals surface area (Å²) in [6.07, 6.45) is 3.34. The van der Waals surface area contributed by atoms with Crippen molar-refractivity contribution in [2.75, 3.05) is 25.9 Å². The molecule has 0 aromatic heterocycles. The van der Waals surface area contributed by atoms with E-state index >= 15 is 0 Å². The SMILES string of the molecule is CS(=O)(=O)NC(=N)NCCC(N)C(=O)N1CCCC1.Cl. The number of guanidine groups is 1. The summed E-state index contributed by atoms with van der Waals surface area (Å²) < 4.78 is 23.7. The van der Waals surface area contributed by atoms with Gasteiger partial charge in [0.25, 0.3) is 0 Å². The quantitative estimate of drug-likeness (QED) is 0.373. The molecular formula is C10H22ClN5O3S. The Hall–Kier alpha value is -1.06. The number of carbonyl (C=O) groups is 1. The molecule has 0 spiro atoms. The van der Waals surface area contributed by atoms with Crippen molar-refractivity contribution in [3.05, 3.63) is 0 Å². The molecule has 20 heavy (non-hydrogen) atoms. The lowest BCUT2D eigenvalue weighted by atomic mass is 10.2. The van der Waals surface area contributed by atoms with Crippen LogP contribution in [0.25, 0.3) is 0 Å². The monoisotopic (exact) mass is 327 g/mol. The van der Waals surface area contributed by atoms with Crippen LogP contribution in [-0.4, -0.2) is 57.1 Å². The highest BCUT2D eigenvalue weighted by atomic mass is 35.5. The molecule has 0 bridgehead atoms. The van der Waals surface area contributed by atoms with Gasteiger partial charge in [0.15, 0.2) is 0 Å². The predicted molar refractivity (Wildman–Crippen MR) is 79.4 cm³/mol. The number of likely N-dealkylation sites (tertiary alicyclic amines) is 1. The molecule has 1 heterocycles. The maximum atomic E-state index is 11.9. The lowest BCUT2D eigenvalue weighted by Crippen LogP contribution is -2.45. The van der Waals surface area contributed by atoms with Gasteiger partial charge in [0.05, 0.1) is 12.3 Å². The molecule has 1 saturated heterocycles. The van der Waals surface area contributed by atoms with Crippen LogP contribution in [0.2, 0.25) is 0 Å². The van der Waals surface area contributed by atoms with Crippen LogP contribution in [0.5, 0.6) is 0 Å². The normalized spacial score (nSPS) is 16.2. The van der Waals surface area contributed by atoms with E-state index in [4.69, 9.17) is 11.1 Å². The Kier molecular flexibility index (Phi) is 7.84. The molecule has 0 radical (unpaired) electrons. The highest BCUT2D eigenvalue weighted by Gasteiger charge is 2.23. The maximum absolute atomic E-state index is 11.9. The van der Waals surface area contributed by atoms with Gasteiger partial charge >= 0.3 is 0 Å². The molecule has 0 saturated carbocycles. The molecule has 10 heteroatoms. The Morgan fingerprint density at radius 1 is 1.40 bits per heavy atom. The van der Waals surface area contributed by atoms with Gasteiger partial charge in [-0.3, -0.25) is 14.9 Å². The van der Waals surface area contributed by atoms with E-state index in [1.807, 2.05) is 4.72 Å². The average molecular weight is 328 g/mol. The van der Waals surface area contributed by atoms with Crippen molar-refractivity contribution in [3.8, 4) is 0 Å². The van der Waals surface area contributed by atoms with Crippen molar-refractivity contribution in [2.24, 2.45) is 5.73 Å². The number of sulfonamides is 1. The van der Waals surface area contributed by atoms with Gasteiger partial charge in [-0.05, 0) is 19.3 Å². The Morgan fingerprint density at radius 3 is 2.45 bits per heavy atom. The minimum absolute atomic E-state index is 0. The minimum Gasteiger partial charge on any atom is -0.356 e. The summed E-state index contributed by atoms with van der Waals surface area (Å²) in [5.74, 6) is -0.398. The van der Waals surface area contributed by atoms with Gasteiger partial charge in [-0.25, -0.2) is 8.42 Å². The molecule has 1 aliphatic heterocycles. The van der Waals surface area contributed by atoms with Gasteiger partial charge in [-0.1, -0.05) is 0 Å². The molecule has 0 aliphatic carbocycles. The summed E-state index contributed by atoms with van der Waals surface area (Å²) in [6, 6.07) is -0.614. The molecule has 1 amide bonds. The zero-order valence-electron chi connectivity index (χ0n) is 11.4. The first kappa shape index (κ1) is 18.9. The fraction of sp³-hybridized carbons (Fsp3) is 0.800. The molecular weight excluding hydrogens is 306 g/mol. The summed E-state index contributed by atoms with van der Waals surface area (Å²) in [6.45, 7) is 1.78. The second-order valence-corrected chi connectivity index (χ2v) is 6.35. The smallest absolute Gasteiger partial charge is 0.239 e. The van der Waals surface area contributed by atoms with Crippen LogP contribution < -0.4 is 15.8 Å². The molecule has 118 valence electrons. The van der Waals surface area contributed by atoms with E-state index in [9.17, 15) is 13.2 Å². The van der Waals surface area contributed by atoms with E-state index in [0.717, 1.165) is 32.2 Å². The second kappa shape index (κ2) is 8.28. The fourth-order valence-electron chi connectivity index (χ4n) is 1.87. The van der Waals surface area contributed by atoms with Gasteiger partial charge in [-0.15, -0.1) is 12.4 Å². The molecule has 5 N–H and O–H groups in total. The maximum Gasteiger partial charge on any atom is 0.239 e. The van der Waals surface area contributed by atoms with E-state index in [0.29, 0.717) is 6.42 Å². The molecule has 1 unspecified atom stereocenters. The van der Waals surface area contributed by atoms with Crippen LogP contribution in [0.1, 0.15) is 19.3 Å². The summed E-state index contributed by atoms with van der Waals surface area (Å²) in [5, 5.41) is 9.88. The zero-order chi connectivity index (χ0) is 14.5. The molecule has 0 aromatic carbocycles. The van der Waals surface area contributed by atoms with Gasteiger partial charge in [-0.2, -0.15) is 0 Å². The minimum atomic E-state index is -3.45. The first-order chi connectivity index (χ1) is 8.79. The van der Waals surface area contributed by atoms with E-state index in [-0.39, 0.29) is 30.8 Å². The van der Waals surface area contributed by atoms with Crippen molar-refractivity contribution >= 4 is 34.3 Å². The lowest BCUT2D eigenvalue weighted by Gasteiger charge is -2.20. The molecule has 1 atom stereocenters. The molecule has 8 nitrogen and oxygen atoms in total. The summed E-state index contributed by atoms with van der Waals surface area (Å²) in [5.41, 5.74) is 5.77. The third kappa shape index (κ3) is 6.92. The molecule has 1 aliphatic rings. The number of amides is 1. The van der Waals surface area contributed by atoms with Crippen LogP contribution in [0.3, 0.4) is 0 Å². The van der Waals surface area contributed by atoms with Crippen LogP contribution in [0.4, 0.5) is 0 Å². The lowest BCUT2D eigenvalue weighted by molar-refractivity contribution is -0.131. The topological polar surface area (TPSA) is 128 Å². The standard InChI is InChI=1S/C10H21N5O3S.ClH/c1-19(17,18)14-10(12)13-5-4-8(11)9(16)15-6-2-3-7-15;/h8H,2-7,11H2,1H3,(H3,12,13,14);1H. The van der Waals surface area contributed by atoms with Gasteiger partial charge in [0, 0.05) is 19.6 Å². The molecule has 1 rings (SSSR count). The highest BCUT2D eigenvalue weighted by molar-refractivity contribution is 7.89. The van der Waals surface area contributed by atoms with Crippen LogP contribution >= 0.6 is 12.4 Å². The number of hydrogen-bond acceptors (Lipinski definition) is 5. The Labute approximate surface area is 125 Å². The zero-order valence-corrected chi connectivity index (χ0v) is 13.0. The summed E-state index contributed by atoms with van der Waals surface area (Å²) in [4.78, 5) is 13.6. The first-order valence-corrected chi connectivity index (χ1v) is 8.03.